The molecule has 0 spiro atoms. The molecule has 0 saturated carbocycles. The molecule has 27 heavy (non-hydrogen) atoms. The van der Waals surface area contributed by atoms with Crippen LogP contribution in [0.1, 0.15) is 44.9 Å². The number of nitriles is 1. The van der Waals surface area contributed by atoms with E-state index in [9.17, 15) is 10.1 Å². The summed E-state index contributed by atoms with van der Waals surface area (Å²) in [5.41, 5.74) is 6.10. The zero-order chi connectivity index (χ0) is 19.4. The number of aromatic nitrogens is 3. The van der Waals surface area contributed by atoms with E-state index >= 15 is 0 Å². The van der Waals surface area contributed by atoms with Gasteiger partial charge >= 0.3 is 6.16 Å². The van der Waals surface area contributed by atoms with Gasteiger partial charge in [0.05, 0.1) is 12.3 Å². The highest BCUT2D eigenvalue weighted by Crippen LogP contribution is 2.40. The fourth-order valence-corrected chi connectivity index (χ4v) is 2.95. The Balaban J connectivity index is 1.64. The van der Waals surface area contributed by atoms with Crippen LogP contribution >= 0.6 is 0 Å². The van der Waals surface area contributed by atoms with Crippen molar-refractivity contribution >= 4 is 17.5 Å². The molecule has 2 N–H and O–H groups in total. The lowest BCUT2D eigenvalue weighted by molar-refractivity contribution is -0.0562. The highest BCUT2D eigenvalue weighted by Gasteiger charge is 2.43. The van der Waals surface area contributed by atoms with Gasteiger partial charge in [0.1, 0.15) is 30.6 Å². The van der Waals surface area contributed by atoms with E-state index in [2.05, 4.69) is 16.2 Å². The maximum Gasteiger partial charge on any atom is 0.508 e. The Morgan fingerprint density at radius 3 is 3.11 bits per heavy atom. The topological polar surface area (TPSA) is 125 Å². The molecule has 0 bridgehead atoms. The van der Waals surface area contributed by atoms with Gasteiger partial charge in [0.15, 0.2) is 11.4 Å². The molecule has 1 saturated heterocycles. The molecular weight excluding hydrogens is 350 g/mol. The summed E-state index contributed by atoms with van der Waals surface area (Å²) in [6, 6.07) is 5.79. The number of ether oxygens (including phenoxy) is 3. The van der Waals surface area contributed by atoms with Crippen LogP contribution in [0.2, 0.25) is 0 Å². The van der Waals surface area contributed by atoms with Gasteiger partial charge in [-0.25, -0.2) is 14.3 Å². The average molecular weight is 373 g/mol. The molecule has 0 radical (unpaired) electrons. The number of fused-ring (bicyclic) bond motifs is 1. The molecule has 2 unspecified atom stereocenters. The van der Waals surface area contributed by atoms with Crippen LogP contribution < -0.4 is 5.73 Å². The first-order valence-electron chi connectivity index (χ1n) is 8.94. The molecule has 2 aromatic heterocycles. The van der Waals surface area contributed by atoms with E-state index in [1.165, 1.54) is 6.33 Å². The van der Waals surface area contributed by atoms with Crippen molar-refractivity contribution in [2.75, 3.05) is 18.9 Å². The van der Waals surface area contributed by atoms with Crippen LogP contribution in [0.5, 0.6) is 0 Å². The molecule has 0 aromatic carbocycles. The Bertz CT molecular complexity index is 861. The molecule has 0 amide bonds. The SMILES string of the molecule is CCC(C)COC(=O)OC[C@]1(C#N)CCC(c2ccc3c(N)ncnn23)O1. The smallest absolute Gasteiger partial charge is 0.434 e. The summed E-state index contributed by atoms with van der Waals surface area (Å²) < 4.78 is 17.8. The van der Waals surface area contributed by atoms with Gasteiger partial charge < -0.3 is 19.9 Å². The summed E-state index contributed by atoms with van der Waals surface area (Å²) in [7, 11) is 0. The first-order chi connectivity index (χ1) is 13.0. The Morgan fingerprint density at radius 2 is 2.37 bits per heavy atom. The Hall–Kier alpha value is -2.86. The van der Waals surface area contributed by atoms with Crippen molar-refractivity contribution in [3.63, 3.8) is 0 Å². The predicted octanol–water partition coefficient (Wildman–Crippen LogP) is 2.62. The predicted molar refractivity (Wildman–Crippen MR) is 95.6 cm³/mol. The highest BCUT2D eigenvalue weighted by molar-refractivity contribution is 5.65. The Morgan fingerprint density at radius 1 is 1.56 bits per heavy atom. The number of anilines is 1. The number of nitrogens with two attached hydrogens (primary N) is 1. The van der Waals surface area contributed by atoms with Gasteiger partial charge in [-0.05, 0) is 30.9 Å². The van der Waals surface area contributed by atoms with Crippen LogP contribution in [0, 0.1) is 17.2 Å². The van der Waals surface area contributed by atoms with E-state index in [1.807, 2.05) is 26.0 Å². The van der Waals surface area contributed by atoms with E-state index in [1.54, 1.807) is 4.52 Å². The van der Waals surface area contributed by atoms with Crippen molar-refractivity contribution in [1.82, 2.24) is 14.6 Å². The molecule has 1 fully saturated rings. The number of hydrogen-bond donors (Lipinski definition) is 1. The number of nitrogen functional groups attached to an aromatic ring is 1. The zero-order valence-electron chi connectivity index (χ0n) is 15.4. The van der Waals surface area contributed by atoms with Crippen molar-refractivity contribution in [1.29, 1.82) is 5.26 Å². The molecule has 3 heterocycles. The number of rotatable bonds is 6. The molecule has 1 aliphatic heterocycles. The average Bonchev–Trinajstić information content (AvgIpc) is 3.30. The Kier molecular flexibility index (Phi) is 5.46. The summed E-state index contributed by atoms with van der Waals surface area (Å²) in [5, 5.41) is 13.8. The summed E-state index contributed by atoms with van der Waals surface area (Å²) >= 11 is 0. The number of carbonyl (C=O) groups is 1. The van der Waals surface area contributed by atoms with Crippen LogP contribution in [-0.4, -0.2) is 39.6 Å². The number of carbonyl (C=O) groups excluding carboxylic acids is 1. The minimum absolute atomic E-state index is 0.181. The van der Waals surface area contributed by atoms with Crippen molar-refractivity contribution in [2.45, 2.75) is 44.8 Å². The minimum Gasteiger partial charge on any atom is -0.434 e. The molecule has 3 atom stereocenters. The summed E-state index contributed by atoms with van der Waals surface area (Å²) in [6.07, 6.45) is 2.15. The first kappa shape index (κ1) is 18.9. The molecule has 2 aromatic rings. The third-order valence-corrected chi connectivity index (χ3v) is 4.83. The normalized spacial score (nSPS) is 23.1. The molecule has 9 nitrogen and oxygen atoms in total. The number of nitrogens with zero attached hydrogens (tertiary/aromatic N) is 4. The fraction of sp³-hybridized carbons (Fsp3) is 0.556. The highest BCUT2D eigenvalue weighted by atomic mass is 16.7. The summed E-state index contributed by atoms with van der Waals surface area (Å²) in [6.45, 7) is 4.10. The lowest BCUT2D eigenvalue weighted by Gasteiger charge is -2.21. The quantitative estimate of drug-likeness (QED) is 0.766. The van der Waals surface area contributed by atoms with Crippen LogP contribution in [0.4, 0.5) is 10.6 Å². The van der Waals surface area contributed by atoms with Gasteiger partial charge in [-0.3, -0.25) is 0 Å². The standard InChI is InChI=1S/C18H23N5O4/c1-3-12(2)8-25-17(24)26-10-18(9-19)7-6-15(27-18)13-4-5-14-16(20)21-11-22-23(13)14/h4-5,11-12,15H,3,6-8,10H2,1-2H3,(H2,20,21,22)/t12?,15?,18-/m1/s1. The molecule has 1 aliphatic rings. The maximum absolute atomic E-state index is 11.8. The van der Waals surface area contributed by atoms with Crippen LogP contribution in [0.25, 0.3) is 5.52 Å². The third-order valence-electron chi connectivity index (χ3n) is 4.83. The molecule has 9 heteroatoms. The summed E-state index contributed by atoms with van der Waals surface area (Å²) in [4.78, 5) is 15.7. The minimum atomic E-state index is -1.21. The second-order valence-corrected chi connectivity index (χ2v) is 6.81. The van der Waals surface area contributed by atoms with Crippen molar-refractivity contribution in [3.8, 4) is 6.07 Å². The zero-order valence-corrected chi connectivity index (χ0v) is 15.4. The van der Waals surface area contributed by atoms with Crippen LogP contribution in [0.15, 0.2) is 18.5 Å². The van der Waals surface area contributed by atoms with Gasteiger partial charge in [0.25, 0.3) is 0 Å². The van der Waals surface area contributed by atoms with Gasteiger partial charge in [0, 0.05) is 0 Å². The number of hydrogen-bond acceptors (Lipinski definition) is 8. The van der Waals surface area contributed by atoms with Gasteiger partial charge in [-0.1, -0.05) is 20.3 Å². The maximum atomic E-state index is 11.8. The lowest BCUT2D eigenvalue weighted by Crippen LogP contribution is -2.34. The first-order valence-corrected chi connectivity index (χ1v) is 8.94. The summed E-state index contributed by atoms with van der Waals surface area (Å²) in [5.74, 6) is 0.625. The van der Waals surface area contributed by atoms with E-state index < -0.39 is 11.8 Å². The fourth-order valence-electron chi connectivity index (χ4n) is 2.95. The second kappa shape index (κ2) is 7.80. The van der Waals surface area contributed by atoms with E-state index in [0.717, 1.165) is 12.1 Å². The Labute approximate surface area is 157 Å². The van der Waals surface area contributed by atoms with Crippen molar-refractivity contribution < 1.29 is 19.0 Å². The van der Waals surface area contributed by atoms with Crippen molar-refractivity contribution in [3.05, 3.63) is 24.2 Å². The molecule has 144 valence electrons. The molecular formula is C18H23N5O4. The monoisotopic (exact) mass is 373 g/mol. The lowest BCUT2D eigenvalue weighted by atomic mass is 10.0. The van der Waals surface area contributed by atoms with Gasteiger partial charge in [-0.15, -0.1) is 0 Å². The molecule has 3 rings (SSSR count). The van der Waals surface area contributed by atoms with E-state index in [0.29, 0.717) is 24.2 Å². The van der Waals surface area contributed by atoms with Gasteiger partial charge in [-0.2, -0.15) is 10.4 Å². The van der Waals surface area contributed by atoms with Crippen molar-refractivity contribution in [2.24, 2.45) is 5.92 Å². The second-order valence-electron chi connectivity index (χ2n) is 6.81. The van der Waals surface area contributed by atoms with Crippen LogP contribution in [-0.2, 0) is 14.2 Å². The molecule has 0 aliphatic carbocycles. The third kappa shape index (κ3) is 3.95. The van der Waals surface area contributed by atoms with Gasteiger partial charge in [0.2, 0.25) is 0 Å². The van der Waals surface area contributed by atoms with Crippen LogP contribution in [0.3, 0.4) is 0 Å². The van der Waals surface area contributed by atoms with E-state index in [-0.39, 0.29) is 25.2 Å². The largest absolute Gasteiger partial charge is 0.508 e. The van der Waals surface area contributed by atoms with E-state index in [4.69, 9.17) is 19.9 Å².